The first-order valence-corrected chi connectivity index (χ1v) is 3.02. The predicted molar refractivity (Wildman–Crippen MR) is 38.0 cm³/mol. The van der Waals surface area contributed by atoms with E-state index >= 15 is 0 Å². The lowest BCUT2D eigenvalue weighted by molar-refractivity contribution is -0.117. The Kier molecular flexibility index (Phi) is 3.32. The van der Waals surface area contributed by atoms with Crippen LogP contribution < -0.4 is 5.73 Å². The second-order valence-corrected chi connectivity index (χ2v) is 2.50. The van der Waals surface area contributed by atoms with Gasteiger partial charge >= 0.3 is 0 Å². The standard InChI is InChI=1S/C6H10ClNO/c1-4(2)5(7)3-6(8)9/h3H2,1-2H3,(H2,8,9). The van der Waals surface area contributed by atoms with Crippen LogP contribution in [0.1, 0.15) is 20.3 Å². The highest BCUT2D eigenvalue weighted by Gasteiger charge is 1.98. The second-order valence-electron chi connectivity index (χ2n) is 2.05. The largest absolute Gasteiger partial charge is 0.369 e. The van der Waals surface area contributed by atoms with E-state index in [-0.39, 0.29) is 12.3 Å². The molecule has 0 aliphatic rings. The van der Waals surface area contributed by atoms with Gasteiger partial charge in [0.2, 0.25) is 5.91 Å². The first-order valence-electron chi connectivity index (χ1n) is 2.64. The van der Waals surface area contributed by atoms with Crippen molar-refractivity contribution >= 4 is 17.5 Å². The lowest BCUT2D eigenvalue weighted by Crippen LogP contribution is -2.09. The van der Waals surface area contributed by atoms with Gasteiger partial charge in [0.1, 0.15) is 0 Å². The fraction of sp³-hybridized carbons (Fsp3) is 0.500. The Morgan fingerprint density at radius 2 is 2.00 bits per heavy atom. The van der Waals surface area contributed by atoms with E-state index in [4.69, 9.17) is 17.3 Å². The van der Waals surface area contributed by atoms with Gasteiger partial charge in [0.25, 0.3) is 0 Å². The van der Waals surface area contributed by atoms with E-state index in [0.717, 1.165) is 5.57 Å². The third kappa shape index (κ3) is 4.03. The monoisotopic (exact) mass is 147 g/mol. The number of allylic oxidation sites excluding steroid dienone is 1. The molecule has 0 unspecified atom stereocenters. The predicted octanol–water partition coefficient (Wildman–Crippen LogP) is 1.39. The number of amides is 1. The molecule has 0 saturated carbocycles. The van der Waals surface area contributed by atoms with Crippen molar-refractivity contribution in [3.8, 4) is 0 Å². The first kappa shape index (κ1) is 8.50. The molecular formula is C6H10ClNO. The molecule has 0 rings (SSSR count). The van der Waals surface area contributed by atoms with Crippen LogP contribution in [0.2, 0.25) is 0 Å². The summed E-state index contributed by atoms with van der Waals surface area (Å²) in [5, 5.41) is 0.544. The molecule has 0 aliphatic heterocycles. The van der Waals surface area contributed by atoms with Crippen molar-refractivity contribution in [2.24, 2.45) is 5.73 Å². The van der Waals surface area contributed by atoms with Gasteiger partial charge in [-0.2, -0.15) is 0 Å². The third-order valence-electron chi connectivity index (χ3n) is 0.872. The van der Waals surface area contributed by atoms with Gasteiger partial charge in [-0.15, -0.1) is 0 Å². The molecule has 0 fully saturated rings. The molecule has 2 nitrogen and oxygen atoms in total. The van der Waals surface area contributed by atoms with Gasteiger partial charge in [-0.3, -0.25) is 4.79 Å². The van der Waals surface area contributed by atoms with Crippen molar-refractivity contribution in [3.63, 3.8) is 0 Å². The molecule has 0 bridgehead atoms. The van der Waals surface area contributed by atoms with Gasteiger partial charge in [-0.05, 0) is 13.8 Å². The minimum Gasteiger partial charge on any atom is -0.369 e. The molecule has 0 aromatic rings. The molecule has 0 spiro atoms. The van der Waals surface area contributed by atoms with Crippen molar-refractivity contribution in [1.82, 2.24) is 0 Å². The molecule has 1 amide bonds. The summed E-state index contributed by atoms with van der Waals surface area (Å²) in [6.07, 6.45) is 0.157. The molecule has 0 aromatic carbocycles. The highest BCUT2D eigenvalue weighted by Crippen LogP contribution is 2.11. The van der Waals surface area contributed by atoms with E-state index in [1.165, 1.54) is 0 Å². The molecule has 3 heteroatoms. The van der Waals surface area contributed by atoms with E-state index in [0.29, 0.717) is 5.03 Å². The van der Waals surface area contributed by atoms with E-state index in [1.54, 1.807) is 0 Å². The normalized spacial score (nSPS) is 8.78. The van der Waals surface area contributed by atoms with E-state index in [1.807, 2.05) is 13.8 Å². The van der Waals surface area contributed by atoms with Crippen LogP contribution in [0.15, 0.2) is 10.6 Å². The molecule has 0 aliphatic carbocycles. The Morgan fingerprint density at radius 3 is 2.11 bits per heavy atom. The molecular weight excluding hydrogens is 138 g/mol. The summed E-state index contributed by atoms with van der Waals surface area (Å²) >= 11 is 5.59. The minimum absolute atomic E-state index is 0.157. The summed E-state index contributed by atoms with van der Waals surface area (Å²) in [6, 6.07) is 0. The molecule has 0 saturated heterocycles. The SMILES string of the molecule is CC(C)=C(Cl)CC(N)=O. The highest BCUT2D eigenvalue weighted by molar-refractivity contribution is 6.31. The van der Waals surface area contributed by atoms with Crippen LogP contribution in [0.5, 0.6) is 0 Å². The first-order chi connectivity index (χ1) is 4.04. The van der Waals surface area contributed by atoms with Crippen molar-refractivity contribution < 1.29 is 4.79 Å². The maximum atomic E-state index is 10.2. The van der Waals surface area contributed by atoms with Crippen LogP contribution in [0, 0.1) is 0 Å². The Labute approximate surface area is 59.7 Å². The maximum Gasteiger partial charge on any atom is 0.222 e. The Hall–Kier alpha value is -0.500. The van der Waals surface area contributed by atoms with Crippen molar-refractivity contribution in [1.29, 1.82) is 0 Å². The number of halogens is 1. The number of rotatable bonds is 2. The highest BCUT2D eigenvalue weighted by atomic mass is 35.5. The summed E-state index contributed by atoms with van der Waals surface area (Å²) in [6.45, 7) is 3.68. The summed E-state index contributed by atoms with van der Waals surface area (Å²) in [4.78, 5) is 10.2. The Bertz CT molecular complexity index is 147. The van der Waals surface area contributed by atoms with Gasteiger partial charge in [0, 0.05) is 5.03 Å². The number of primary amides is 1. The molecule has 52 valence electrons. The topological polar surface area (TPSA) is 43.1 Å². The zero-order valence-corrected chi connectivity index (χ0v) is 6.33. The number of hydrogen-bond acceptors (Lipinski definition) is 1. The van der Waals surface area contributed by atoms with Crippen LogP contribution in [-0.2, 0) is 4.79 Å². The van der Waals surface area contributed by atoms with Crippen molar-refractivity contribution in [2.45, 2.75) is 20.3 Å². The van der Waals surface area contributed by atoms with Gasteiger partial charge in [-0.25, -0.2) is 0 Å². The van der Waals surface area contributed by atoms with Gasteiger partial charge < -0.3 is 5.73 Å². The van der Waals surface area contributed by atoms with Crippen LogP contribution in [-0.4, -0.2) is 5.91 Å². The zero-order chi connectivity index (χ0) is 7.44. The molecule has 9 heavy (non-hydrogen) atoms. The van der Waals surface area contributed by atoms with Gasteiger partial charge in [0.15, 0.2) is 0 Å². The fourth-order valence-corrected chi connectivity index (χ4v) is 0.461. The summed E-state index contributed by atoms with van der Waals surface area (Å²) < 4.78 is 0. The number of carbonyl (C=O) groups is 1. The Balaban J connectivity index is 3.92. The average Bonchev–Trinajstić information content (AvgIpc) is 1.63. The lowest BCUT2D eigenvalue weighted by atomic mass is 10.2. The molecule has 0 radical (unpaired) electrons. The van der Waals surface area contributed by atoms with E-state index in [2.05, 4.69) is 0 Å². The average molecular weight is 148 g/mol. The molecule has 0 aromatic heterocycles. The Morgan fingerprint density at radius 1 is 1.56 bits per heavy atom. The number of nitrogens with two attached hydrogens (primary N) is 1. The maximum absolute atomic E-state index is 10.2. The summed E-state index contributed by atoms with van der Waals surface area (Å²) in [7, 11) is 0. The molecule has 0 atom stereocenters. The number of hydrogen-bond donors (Lipinski definition) is 1. The third-order valence-corrected chi connectivity index (χ3v) is 1.38. The van der Waals surface area contributed by atoms with Crippen molar-refractivity contribution in [3.05, 3.63) is 10.6 Å². The van der Waals surface area contributed by atoms with Crippen LogP contribution >= 0.6 is 11.6 Å². The minimum atomic E-state index is -0.388. The van der Waals surface area contributed by atoms with Crippen LogP contribution in [0.25, 0.3) is 0 Å². The van der Waals surface area contributed by atoms with Gasteiger partial charge in [0.05, 0.1) is 6.42 Å². The molecule has 0 heterocycles. The summed E-state index contributed by atoms with van der Waals surface area (Å²) in [5.41, 5.74) is 5.81. The zero-order valence-electron chi connectivity index (χ0n) is 5.57. The lowest BCUT2D eigenvalue weighted by Gasteiger charge is -1.95. The smallest absolute Gasteiger partial charge is 0.222 e. The molecule has 2 N–H and O–H groups in total. The van der Waals surface area contributed by atoms with Crippen LogP contribution in [0.3, 0.4) is 0 Å². The second kappa shape index (κ2) is 3.51. The van der Waals surface area contributed by atoms with E-state index < -0.39 is 0 Å². The van der Waals surface area contributed by atoms with Crippen molar-refractivity contribution in [2.75, 3.05) is 0 Å². The van der Waals surface area contributed by atoms with E-state index in [9.17, 15) is 4.79 Å². The fourth-order valence-electron chi connectivity index (χ4n) is 0.330. The van der Waals surface area contributed by atoms with Crippen LogP contribution in [0.4, 0.5) is 0 Å². The number of carbonyl (C=O) groups excluding carboxylic acids is 1. The quantitative estimate of drug-likeness (QED) is 0.631. The summed E-state index contributed by atoms with van der Waals surface area (Å²) in [5.74, 6) is -0.388. The van der Waals surface area contributed by atoms with Gasteiger partial charge in [-0.1, -0.05) is 17.2 Å².